The lowest BCUT2D eigenvalue weighted by Crippen LogP contribution is -2.17. The summed E-state index contributed by atoms with van der Waals surface area (Å²) in [5.74, 6) is -0.959. The number of amides is 1. The van der Waals surface area contributed by atoms with Crippen LogP contribution < -0.4 is 5.32 Å². The van der Waals surface area contributed by atoms with Crippen molar-refractivity contribution in [2.24, 2.45) is 7.05 Å². The van der Waals surface area contributed by atoms with E-state index < -0.39 is 32.9 Å². The smallest absolute Gasteiger partial charge is 0.315 e. The lowest BCUT2D eigenvalue weighted by atomic mass is 10.2. The molecule has 0 aliphatic rings. The zero-order valence-electron chi connectivity index (χ0n) is 12.3. The summed E-state index contributed by atoms with van der Waals surface area (Å²) in [5.41, 5.74) is -1.55. The van der Waals surface area contributed by atoms with Crippen LogP contribution in [0.15, 0.2) is 22.7 Å². The largest absolute Gasteiger partial charge is 0.436 e. The van der Waals surface area contributed by atoms with Gasteiger partial charge in [0, 0.05) is 13.1 Å². The van der Waals surface area contributed by atoms with Crippen molar-refractivity contribution >= 4 is 33.2 Å². The summed E-state index contributed by atoms with van der Waals surface area (Å²) in [4.78, 5) is 22.6. The summed E-state index contributed by atoms with van der Waals surface area (Å²) < 4.78 is 38.7. The predicted molar refractivity (Wildman–Crippen MR) is 81.7 cm³/mol. The van der Waals surface area contributed by atoms with E-state index in [0.717, 1.165) is 4.68 Å². The van der Waals surface area contributed by atoms with E-state index in [9.17, 15) is 28.1 Å². The zero-order valence-corrected chi connectivity index (χ0v) is 13.9. The van der Waals surface area contributed by atoms with E-state index in [0.29, 0.717) is 5.56 Å². The first-order chi connectivity index (χ1) is 11.0. The minimum absolute atomic E-state index is 0.128. The highest BCUT2D eigenvalue weighted by molar-refractivity contribution is 9.10. The summed E-state index contributed by atoms with van der Waals surface area (Å²) in [7, 11) is 1.17. The lowest BCUT2D eigenvalue weighted by Gasteiger charge is -2.07. The fraction of sp³-hybridized carbons (Fsp3) is 0.231. The average molecular weight is 407 g/mol. The third-order valence-electron chi connectivity index (χ3n) is 3.07. The van der Waals surface area contributed by atoms with Gasteiger partial charge < -0.3 is 5.32 Å². The van der Waals surface area contributed by atoms with Gasteiger partial charge in [-0.25, -0.2) is 0 Å². The highest BCUT2D eigenvalue weighted by Gasteiger charge is 2.39. The van der Waals surface area contributed by atoms with Crippen molar-refractivity contribution in [2.75, 3.05) is 5.32 Å². The van der Waals surface area contributed by atoms with E-state index in [-0.39, 0.29) is 11.4 Å². The predicted octanol–water partition coefficient (Wildman–Crippen LogP) is 3.67. The van der Waals surface area contributed by atoms with E-state index in [1.165, 1.54) is 25.2 Å². The number of nitrogens with one attached hydrogen (secondary N) is 1. The van der Waals surface area contributed by atoms with Crippen LogP contribution in [-0.4, -0.2) is 20.6 Å². The summed E-state index contributed by atoms with van der Waals surface area (Å²) in [6, 6.07) is 4.08. The van der Waals surface area contributed by atoms with Crippen molar-refractivity contribution in [3.63, 3.8) is 0 Å². The summed E-state index contributed by atoms with van der Waals surface area (Å²) >= 11 is 2.71. The van der Waals surface area contributed by atoms with Crippen LogP contribution in [0.5, 0.6) is 0 Å². The van der Waals surface area contributed by atoms with Crippen molar-refractivity contribution in [1.29, 1.82) is 0 Å². The second kappa shape index (κ2) is 6.23. The Labute approximate surface area is 141 Å². The van der Waals surface area contributed by atoms with E-state index >= 15 is 0 Å². The topological polar surface area (TPSA) is 90.1 Å². The van der Waals surface area contributed by atoms with Gasteiger partial charge in [-0.2, -0.15) is 18.3 Å². The molecule has 0 aliphatic carbocycles. The molecule has 0 radical (unpaired) electrons. The van der Waals surface area contributed by atoms with Gasteiger partial charge in [0.15, 0.2) is 5.69 Å². The van der Waals surface area contributed by atoms with Gasteiger partial charge in [0.1, 0.15) is 11.4 Å². The molecule has 0 fully saturated rings. The monoisotopic (exact) mass is 406 g/mol. The summed E-state index contributed by atoms with van der Waals surface area (Å²) in [6.07, 6.45) is -4.75. The lowest BCUT2D eigenvalue weighted by molar-refractivity contribution is -0.384. The molecule has 1 amide bonds. The molecule has 1 heterocycles. The number of hydrogen-bond acceptors (Lipinski definition) is 4. The molecule has 0 atom stereocenters. The molecule has 24 heavy (non-hydrogen) atoms. The normalized spacial score (nSPS) is 11.4. The Kier molecular flexibility index (Phi) is 4.65. The Hall–Kier alpha value is -2.43. The second-order valence-corrected chi connectivity index (χ2v) is 5.66. The van der Waals surface area contributed by atoms with Crippen molar-refractivity contribution in [2.45, 2.75) is 13.1 Å². The number of carbonyl (C=O) groups excluding carboxylic acids is 1. The number of aromatic nitrogens is 2. The number of anilines is 1. The number of nitro groups is 1. The Morgan fingerprint density at radius 1 is 1.42 bits per heavy atom. The number of rotatable bonds is 3. The number of nitrogens with zero attached hydrogens (tertiary/aromatic N) is 3. The number of hydrogen-bond donors (Lipinski definition) is 1. The van der Waals surface area contributed by atoms with Crippen LogP contribution in [0.4, 0.5) is 24.5 Å². The molecule has 1 aromatic heterocycles. The van der Waals surface area contributed by atoms with Gasteiger partial charge in [-0.05, 0) is 34.5 Å². The molecular weight excluding hydrogens is 397 g/mol. The molecular formula is C13H10BrF3N4O3. The summed E-state index contributed by atoms with van der Waals surface area (Å²) in [6.45, 7) is 1.63. The molecule has 2 rings (SSSR count). The molecule has 11 heteroatoms. The average Bonchev–Trinajstić information content (AvgIpc) is 2.75. The standard InChI is InChI=1S/C13H10BrF3N4O3/c1-6-3-4-7(8(5-6)21(23)24)18-12(22)10-9(14)11(13(15,16)17)19-20(10)2/h3-5H,1-2H3,(H,18,22). The Morgan fingerprint density at radius 3 is 2.54 bits per heavy atom. The van der Waals surface area contributed by atoms with Crippen molar-refractivity contribution < 1.29 is 22.9 Å². The van der Waals surface area contributed by atoms with Gasteiger partial charge in [-0.3, -0.25) is 19.6 Å². The van der Waals surface area contributed by atoms with E-state index in [1.54, 1.807) is 6.92 Å². The molecule has 0 bridgehead atoms. The van der Waals surface area contributed by atoms with Gasteiger partial charge in [0.25, 0.3) is 11.6 Å². The van der Waals surface area contributed by atoms with Crippen LogP contribution in [0.2, 0.25) is 0 Å². The molecule has 2 aromatic rings. The molecule has 1 N–H and O–H groups in total. The fourth-order valence-electron chi connectivity index (χ4n) is 2.01. The van der Waals surface area contributed by atoms with E-state index in [4.69, 9.17) is 0 Å². The number of carbonyl (C=O) groups is 1. The van der Waals surface area contributed by atoms with Gasteiger partial charge in [-0.1, -0.05) is 6.07 Å². The number of halogens is 4. The molecule has 0 saturated heterocycles. The minimum atomic E-state index is -4.75. The Bertz CT molecular complexity index is 833. The van der Waals surface area contributed by atoms with Gasteiger partial charge in [0.05, 0.1) is 9.40 Å². The number of alkyl halides is 3. The Morgan fingerprint density at radius 2 is 2.04 bits per heavy atom. The Balaban J connectivity index is 2.42. The third-order valence-corrected chi connectivity index (χ3v) is 3.82. The maximum atomic E-state index is 12.8. The van der Waals surface area contributed by atoms with Gasteiger partial charge in [0.2, 0.25) is 0 Å². The molecule has 7 nitrogen and oxygen atoms in total. The third kappa shape index (κ3) is 3.40. The van der Waals surface area contributed by atoms with Crippen LogP contribution in [0.3, 0.4) is 0 Å². The second-order valence-electron chi connectivity index (χ2n) is 4.86. The van der Waals surface area contributed by atoms with Crippen LogP contribution in [0, 0.1) is 17.0 Å². The van der Waals surface area contributed by atoms with Crippen LogP contribution >= 0.6 is 15.9 Å². The molecule has 128 valence electrons. The number of benzene rings is 1. The van der Waals surface area contributed by atoms with Gasteiger partial charge in [-0.15, -0.1) is 0 Å². The number of aryl methyl sites for hydroxylation is 2. The van der Waals surface area contributed by atoms with Crippen LogP contribution in [0.1, 0.15) is 21.7 Å². The van der Waals surface area contributed by atoms with Crippen molar-refractivity contribution in [3.05, 3.63) is 49.7 Å². The van der Waals surface area contributed by atoms with Crippen LogP contribution in [0.25, 0.3) is 0 Å². The van der Waals surface area contributed by atoms with Crippen molar-refractivity contribution in [3.8, 4) is 0 Å². The maximum absolute atomic E-state index is 12.8. The fourth-order valence-corrected chi connectivity index (χ4v) is 2.75. The zero-order chi connectivity index (χ0) is 18.2. The van der Waals surface area contributed by atoms with Crippen molar-refractivity contribution in [1.82, 2.24) is 9.78 Å². The molecule has 0 aliphatic heterocycles. The first kappa shape index (κ1) is 17.9. The van der Waals surface area contributed by atoms with Gasteiger partial charge >= 0.3 is 6.18 Å². The number of nitro benzene ring substituents is 1. The summed E-state index contributed by atoms with van der Waals surface area (Å²) in [5, 5.41) is 16.5. The van der Waals surface area contributed by atoms with Crippen LogP contribution in [-0.2, 0) is 13.2 Å². The van der Waals surface area contributed by atoms with E-state index in [2.05, 4.69) is 26.3 Å². The molecule has 0 saturated carbocycles. The maximum Gasteiger partial charge on any atom is 0.436 e. The highest BCUT2D eigenvalue weighted by atomic mass is 79.9. The molecule has 0 spiro atoms. The van der Waals surface area contributed by atoms with E-state index in [1.807, 2.05) is 0 Å². The quantitative estimate of drug-likeness (QED) is 0.621. The first-order valence-electron chi connectivity index (χ1n) is 6.38. The minimum Gasteiger partial charge on any atom is -0.315 e. The molecule has 0 unspecified atom stereocenters. The molecule has 1 aromatic carbocycles. The highest BCUT2D eigenvalue weighted by Crippen LogP contribution is 2.36. The SMILES string of the molecule is Cc1ccc(NC(=O)c2c(Br)c(C(F)(F)F)nn2C)c([N+](=O)[O-])c1. The first-order valence-corrected chi connectivity index (χ1v) is 7.17.